The third kappa shape index (κ3) is 2.49. The molecular formula is C20H12ClF2N3O2. The average Bonchev–Trinajstić information content (AvgIpc) is 2.72. The van der Waals surface area contributed by atoms with Gasteiger partial charge in [0, 0.05) is 24.0 Å². The number of halogens is 3. The van der Waals surface area contributed by atoms with E-state index in [4.69, 9.17) is 16.9 Å². The van der Waals surface area contributed by atoms with Gasteiger partial charge >= 0.3 is 0 Å². The Balaban J connectivity index is 2.23. The van der Waals surface area contributed by atoms with Crippen LogP contribution in [0.15, 0.2) is 35.1 Å². The topological polar surface area (TPSA) is 74.9 Å². The molecule has 0 bridgehead atoms. The average molecular weight is 400 g/mol. The smallest absolute Gasteiger partial charge is 0.263 e. The molecule has 0 amide bonds. The molecule has 0 spiro atoms. The molecular weight excluding hydrogens is 388 g/mol. The number of aromatic nitrogens is 1. The largest absolute Gasteiger partial charge is 0.371 e. The van der Waals surface area contributed by atoms with E-state index in [-0.39, 0.29) is 28.9 Å². The normalized spacial score (nSPS) is 12.9. The zero-order chi connectivity index (χ0) is 20.0. The predicted octanol–water partition coefficient (Wildman–Crippen LogP) is 3.85. The molecule has 0 radical (unpaired) electrons. The van der Waals surface area contributed by atoms with Crippen LogP contribution in [0, 0.1) is 23.0 Å². The number of nitrogens with zero attached hydrogens (tertiary/aromatic N) is 2. The van der Waals surface area contributed by atoms with E-state index in [9.17, 15) is 18.4 Å². The Morgan fingerprint density at radius 3 is 2.57 bits per heavy atom. The summed E-state index contributed by atoms with van der Waals surface area (Å²) >= 11 is 6.11. The number of hydrogen-bond donors (Lipinski definition) is 1. The van der Waals surface area contributed by atoms with Crippen molar-refractivity contribution < 1.29 is 13.6 Å². The Labute approximate surface area is 162 Å². The molecule has 4 rings (SSSR count). The van der Waals surface area contributed by atoms with E-state index in [0.29, 0.717) is 13.0 Å². The molecule has 0 saturated carbocycles. The van der Waals surface area contributed by atoms with Gasteiger partial charge in [-0.15, -0.1) is 0 Å². The molecule has 2 heterocycles. The van der Waals surface area contributed by atoms with Gasteiger partial charge in [-0.3, -0.25) is 14.2 Å². The molecule has 1 aliphatic rings. The van der Waals surface area contributed by atoms with Crippen molar-refractivity contribution in [1.82, 2.24) is 4.57 Å². The Morgan fingerprint density at radius 1 is 1.18 bits per heavy atom. The number of hydrogen-bond acceptors (Lipinski definition) is 4. The standard InChI is InChI=1S/C20H12ClF2N3O2/c21-15-12-13(16(22)11(9-24)17(15)23)20(28)26-8-4-7-25-19(26)14(12)18(27)10-5-2-1-3-6-10/h1-3,5-6,25H,4,7-8H2. The molecule has 28 heavy (non-hydrogen) atoms. The molecule has 1 N–H and O–H groups in total. The molecule has 5 nitrogen and oxygen atoms in total. The van der Waals surface area contributed by atoms with Gasteiger partial charge in [0.2, 0.25) is 0 Å². The van der Waals surface area contributed by atoms with Crippen molar-refractivity contribution in [2.45, 2.75) is 13.0 Å². The minimum Gasteiger partial charge on any atom is -0.371 e. The second kappa shape index (κ2) is 6.73. The first-order chi connectivity index (χ1) is 13.5. The van der Waals surface area contributed by atoms with Crippen LogP contribution in [0.25, 0.3) is 10.8 Å². The maximum atomic E-state index is 14.9. The highest BCUT2D eigenvalue weighted by Gasteiger charge is 2.31. The van der Waals surface area contributed by atoms with Crippen LogP contribution in [-0.4, -0.2) is 16.9 Å². The molecule has 0 atom stereocenters. The molecule has 0 unspecified atom stereocenters. The van der Waals surface area contributed by atoms with Crippen molar-refractivity contribution in [3.8, 4) is 6.07 Å². The highest BCUT2D eigenvalue weighted by molar-refractivity contribution is 6.38. The molecule has 1 aromatic heterocycles. The van der Waals surface area contributed by atoms with Crippen LogP contribution in [0.5, 0.6) is 0 Å². The van der Waals surface area contributed by atoms with E-state index in [1.807, 2.05) is 0 Å². The Kier molecular flexibility index (Phi) is 4.36. The lowest BCUT2D eigenvalue weighted by Gasteiger charge is -2.25. The quantitative estimate of drug-likeness (QED) is 0.524. The van der Waals surface area contributed by atoms with Crippen LogP contribution < -0.4 is 10.9 Å². The zero-order valence-corrected chi connectivity index (χ0v) is 15.1. The van der Waals surface area contributed by atoms with Gasteiger partial charge in [0.25, 0.3) is 5.56 Å². The number of fused-ring (bicyclic) bond motifs is 2. The van der Waals surface area contributed by atoms with Crippen molar-refractivity contribution in [1.29, 1.82) is 5.26 Å². The second-order valence-electron chi connectivity index (χ2n) is 6.33. The highest BCUT2D eigenvalue weighted by Crippen LogP contribution is 2.37. The monoisotopic (exact) mass is 399 g/mol. The molecule has 0 aliphatic carbocycles. The van der Waals surface area contributed by atoms with Gasteiger partial charge in [0.1, 0.15) is 17.5 Å². The van der Waals surface area contributed by atoms with Crippen LogP contribution in [0.1, 0.15) is 27.9 Å². The summed E-state index contributed by atoms with van der Waals surface area (Å²) in [6.07, 6.45) is 0.582. The van der Waals surface area contributed by atoms with Gasteiger partial charge < -0.3 is 5.32 Å². The first-order valence-electron chi connectivity index (χ1n) is 8.48. The maximum absolute atomic E-state index is 14.9. The van der Waals surface area contributed by atoms with Crippen LogP contribution in [0.3, 0.4) is 0 Å². The first-order valence-corrected chi connectivity index (χ1v) is 8.85. The number of nitrogens with one attached hydrogen (secondary N) is 1. The lowest BCUT2D eigenvalue weighted by molar-refractivity contribution is 0.104. The SMILES string of the molecule is N#Cc1c(F)c(Cl)c2c(C(=O)c3ccccc3)c3n(c(=O)c2c1F)CCCN3. The van der Waals surface area contributed by atoms with Crippen LogP contribution in [-0.2, 0) is 6.54 Å². The summed E-state index contributed by atoms with van der Waals surface area (Å²) in [4.78, 5) is 26.2. The van der Waals surface area contributed by atoms with Gasteiger partial charge in [0.15, 0.2) is 17.4 Å². The molecule has 1 aliphatic heterocycles. The van der Waals surface area contributed by atoms with Crippen LogP contribution in [0.2, 0.25) is 5.02 Å². The molecule has 2 aromatic carbocycles. The Morgan fingerprint density at radius 2 is 1.89 bits per heavy atom. The number of anilines is 1. The van der Waals surface area contributed by atoms with Crippen LogP contribution in [0.4, 0.5) is 14.6 Å². The lowest BCUT2D eigenvalue weighted by Crippen LogP contribution is -2.32. The number of rotatable bonds is 2. The Bertz CT molecular complexity index is 1250. The summed E-state index contributed by atoms with van der Waals surface area (Å²) in [7, 11) is 0. The number of ketones is 1. The molecule has 140 valence electrons. The van der Waals surface area contributed by atoms with E-state index in [1.54, 1.807) is 30.3 Å². The van der Waals surface area contributed by atoms with Crippen molar-refractivity contribution in [2.24, 2.45) is 0 Å². The van der Waals surface area contributed by atoms with Gasteiger partial charge in [-0.2, -0.15) is 5.26 Å². The highest BCUT2D eigenvalue weighted by atomic mass is 35.5. The fourth-order valence-corrected chi connectivity index (χ4v) is 3.76. The summed E-state index contributed by atoms with van der Waals surface area (Å²) in [5.41, 5.74) is -1.53. The van der Waals surface area contributed by atoms with Crippen molar-refractivity contribution >= 4 is 34.0 Å². The lowest BCUT2D eigenvalue weighted by atomic mass is 9.95. The zero-order valence-electron chi connectivity index (χ0n) is 14.4. The fourth-order valence-electron chi connectivity index (χ4n) is 3.48. The van der Waals surface area contributed by atoms with Gasteiger partial charge in [-0.1, -0.05) is 41.9 Å². The van der Waals surface area contributed by atoms with E-state index >= 15 is 0 Å². The number of carbonyl (C=O) groups is 1. The van der Waals surface area contributed by atoms with E-state index in [0.717, 1.165) is 0 Å². The van der Waals surface area contributed by atoms with Crippen molar-refractivity contribution in [3.05, 3.63) is 74.0 Å². The molecule has 0 saturated heterocycles. The number of pyridine rings is 1. The van der Waals surface area contributed by atoms with E-state index < -0.39 is 38.9 Å². The third-order valence-electron chi connectivity index (χ3n) is 4.76. The second-order valence-corrected chi connectivity index (χ2v) is 6.71. The van der Waals surface area contributed by atoms with Crippen molar-refractivity contribution in [2.75, 3.05) is 11.9 Å². The van der Waals surface area contributed by atoms with Crippen molar-refractivity contribution in [3.63, 3.8) is 0 Å². The van der Waals surface area contributed by atoms with Gasteiger partial charge in [-0.25, -0.2) is 8.78 Å². The maximum Gasteiger partial charge on any atom is 0.263 e. The summed E-state index contributed by atoms with van der Waals surface area (Å²) < 4.78 is 30.7. The predicted molar refractivity (Wildman–Crippen MR) is 101 cm³/mol. The van der Waals surface area contributed by atoms with Crippen LogP contribution >= 0.6 is 11.6 Å². The summed E-state index contributed by atoms with van der Waals surface area (Å²) in [5.74, 6) is -2.97. The van der Waals surface area contributed by atoms with E-state index in [2.05, 4.69) is 5.32 Å². The molecule has 0 fully saturated rings. The van der Waals surface area contributed by atoms with Gasteiger partial charge in [0.05, 0.1) is 16.0 Å². The number of benzene rings is 2. The fraction of sp³-hybridized carbons (Fsp3) is 0.150. The minimum atomic E-state index is -1.31. The first kappa shape index (κ1) is 18.1. The summed E-state index contributed by atoms with van der Waals surface area (Å²) in [5, 5.41) is 10.6. The molecule has 8 heteroatoms. The summed E-state index contributed by atoms with van der Waals surface area (Å²) in [6.45, 7) is 0.737. The summed E-state index contributed by atoms with van der Waals surface area (Å²) in [6, 6.07) is 9.55. The van der Waals surface area contributed by atoms with E-state index in [1.165, 1.54) is 10.6 Å². The number of carbonyl (C=O) groups excluding carboxylic acids is 1. The molecule has 3 aromatic rings. The Hall–Kier alpha value is -3.24. The van der Waals surface area contributed by atoms with Gasteiger partial charge in [-0.05, 0) is 6.42 Å². The third-order valence-corrected chi connectivity index (χ3v) is 5.12. The number of nitriles is 1. The minimum absolute atomic E-state index is 0.0900.